The van der Waals surface area contributed by atoms with Crippen LogP contribution in [0.1, 0.15) is 109 Å². The van der Waals surface area contributed by atoms with Crippen LogP contribution in [0.2, 0.25) is 0 Å². The molecule has 4 rings (SSSR count). The van der Waals surface area contributed by atoms with E-state index in [9.17, 15) is 15.3 Å². The molecule has 3 aromatic rings. The molecule has 0 aromatic heterocycles. The number of fused-ring (bicyclic) bond motifs is 2. The Morgan fingerprint density at radius 1 is 0.541 bits per heavy atom. The number of phenolic OH excluding ortho intramolecular Hbond substituents is 3. The minimum absolute atomic E-state index is 0.268. The first-order valence-electron chi connectivity index (χ1n) is 13.1. The molecular weight excluding hydrogens is 460 g/mol. The van der Waals surface area contributed by atoms with Crippen molar-refractivity contribution >= 4 is 0 Å². The topological polar surface area (TPSA) is 69.9 Å². The molecule has 37 heavy (non-hydrogen) atoms. The van der Waals surface area contributed by atoms with Gasteiger partial charge in [-0.3, -0.25) is 0 Å². The molecule has 1 aliphatic rings. The number of ether oxygens (including phenoxy) is 1. The molecule has 4 nitrogen and oxygen atoms in total. The van der Waals surface area contributed by atoms with E-state index in [0.29, 0.717) is 5.75 Å². The van der Waals surface area contributed by atoms with Crippen LogP contribution in [0.3, 0.4) is 0 Å². The van der Waals surface area contributed by atoms with Gasteiger partial charge in [-0.1, -0.05) is 53.7 Å². The Hall–Kier alpha value is -3.14. The summed E-state index contributed by atoms with van der Waals surface area (Å²) in [7, 11) is 0. The molecule has 0 fully saturated rings. The van der Waals surface area contributed by atoms with Gasteiger partial charge in [0, 0.05) is 17.0 Å². The second-order valence-electron chi connectivity index (χ2n) is 12.9. The van der Waals surface area contributed by atoms with Gasteiger partial charge in [0.1, 0.15) is 28.7 Å². The van der Waals surface area contributed by atoms with Gasteiger partial charge < -0.3 is 20.1 Å². The average molecular weight is 503 g/mol. The molecule has 0 aliphatic carbocycles. The molecule has 0 bridgehead atoms. The maximum Gasteiger partial charge on any atom is 0.135 e. The van der Waals surface area contributed by atoms with Gasteiger partial charge in [0.15, 0.2) is 0 Å². The molecule has 0 unspecified atom stereocenters. The van der Waals surface area contributed by atoms with Crippen LogP contribution in [0.25, 0.3) is 0 Å². The molecule has 3 N–H and O–H groups in total. The van der Waals surface area contributed by atoms with Gasteiger partial charge in [0.05, 0.1) is 0 Å². The molecule has 4 heteroatoms. The fraction of sp³-hybridized carbons (Fsp3) is 0.455. The van der Waals surface area contributed by atoms with Gasteiger partial charge >= 0.3 is 0 Å². The summed E-state index contributed by atoms with van der Waals surface area (Å²) >= 11 is 0. The lowest BCUT2D eigenvalue weighted by Crippen LogP contribution is -2.21. The monoisotopic (exact) mass is 502 g/mol. The van der Waals surface area contributed by atoms with Crippen molar-refractivity contribution in [2.75, 3.05) is 0 Å². The second-order valence-corrected chi connectivity index (χ2v) is 12.9. The Balaban J connectivity index is 2.24. The second kappa shape index (κ2) is 8.44. The van der Waals surface area contributed by atoms with E-state index in [4.69, 9.17) is 4.74 Å². The first-order valence-corrected chi connectivity index (χ1v) is 13.1. The molecule has 1 heterocycles. The maximum absolute atomic E-state index is 11.4. The van der Waals surface area contributed by atoms with Gasteiger partial charge in [-0.15, -0.1) is 0 Å². The third kappa shape index (κ3) is 3.96. The molecule has 0 saturated carbocycles. The number of benzene rings is 3. The number of aromatic hydroxyl groups is 3. The Morgan fingerprint density at radius 2 is 0.892 bits per heavy atom. The van der Waals surface area contributed by atoms with Crippen molar-refractivity contribution in [2.24, 2.45) is 0 Å². The van der Waals surface area contributed by atoms with E-state index in [-0.39, 0.29) is 28.2 Å². The zero-order valence-corrected chi connectivity index (χ0v) is 24.5. The summed E-state index contributed by atoms with van der Waals surface area (Å²) in [6.07, 6.45) is 0. The third-order valence-corrected chi connectivity index (χ3v) is 8.39. The molecule has 198 valence electrons. The lowest BCUT2D eigenvalue weighted by Gasteiger charge is -2.36. The van der Waals surface area contributed by atoms with Gasteiger partial charge in [-0.25, -0.2) is 0 Å². The maximum atomic E-state index is 11.4. The van der Waals surface area contributed by atoms with E-state index in [0.717, 1.165) is 72.7 Å². The number of phenols is 3. The average Bonchev–Trinajstić information content (AvgIpc) is 2.80. The van der Waals surface area contributed by atoms with E-state index in [1.54, 1.807) is 0 Å². The summed E-state index contributed by atoms with van der Waals surface area (Å²) in [5, 5.41) is 33.7. The van der Waals surface area contributed by atoms with Crippen LogP contribution in [0, 0.1) is 41.5 Å². The highest BCUT2D eigenvalue weighted by Gasteiger charge is 2.38. The van der Waals surface area contributed by atoms with E-state index in [2.05, 4.69) is 53.7 Å². The van der Waals surface area contributed by atoms with Crippen molar-refractivity contribution in [1.29, 1.82) is 0 Å². The van der Waals surface area contributed by atoms with Crippen LogP contribution >= 0.6 is 0 Å². The summed E-state index contributed by atoms with van der Waals surface area (Å²) in [4.78, 5) is 0. The van der Waals surface area contributed by atoms with Crippen LogP contribution in [0.5, 0.6) is 28.7 Å². The van der Waals surface area contributed by atoms with Crippen LogP contribution in [-0.2, 0) is 10.8 Å². The highest BCUT2D eigenvalue weighted by atomic mass is 16.5. The Kier molecular flexibility index (Phi) is 6.14. The fourth-order valence-corrected chi connectivity index (χ4v) is 5.76. The summed E-state index contributed by atoms with van der Waals surface area (Å²) in [6.45, 7) is 24.4. The first kappa shape index (κ1) is 26.9. The van der Waals surface area contributed by atoms with Gasteiger partial charge in [-0.2, -0.15) is 0 Å². The largest absolute Gasteiger partial charge is 0.507 e. The molecule has 0 amide bonds. The summed E-state index contributed by atoms with van der Waals surface area (Å²) < 4.78 is 6.67. The number of hydrogen-bond acceptors (Lipinski definition) is 4. The standard InChI is InChI=1S/C33H42O4/c1-15-17(3)30-24(19(5)27(15)34)26(25-20(6)28(35)16(2)18(4)31(25)37-30)21-13-22(32(7,8)9)29(36)23(14-21)33(10,11)12/h13-14,26,34-36H,1-12H3. The lowest BCUT2D eigenvalue weighted by atomic mass is 9.72. The molecule has 0 atom stereocenters. The summed E-state index contributed by atoms with van der Waals surface area (Å²) in [5.74, 6) is 2.10. The summed E-state index contributed by atoms with van der Waals surface area (Å²) in [6, 6.07) is 4.21. The summed E-state index contributed by atoms with van der Waals surface area (Å²) in [5.41, 5.74) is 8.95. The van der Waals surface area contributed by atoms with Crippen LogP contribution < -0.4 is 4.74 Å². The van der Waals surface area contributed by atoms with Crippen LogP contribution in [0.4, 0.5) is 0 Å². The zero-order valence-electron chi connectivity index (χ0n) is 24.5. The van der Waals surface area contributed by atoms with Crippen molar-refractivity contribution in [1.82, 2.24) is 0 Å². The Bertz CT molecular complexity index is 1340. The minimum Gasteiger partial charge on any atom is -0.507 e. The van der Waals surface area contributed by atoms with Crippen molar-refractivity contribution in [3.8, 4) is 28.7 Å². The zero-order chi connectivity index (χ0) is 27.9. The normalized spacial score (nSPS) is 13.8. The number of hydrogen-bond donors (Lipinski definition) is 3. The predicted octanol–water partition coefficient (Wildman–Crippen LogP) is 8.53. The Morgan fingerprint density at radius 3 is 1.22 bits per heavy atom. The van der Waals surface area contributed by atoms with Gasteiger partial charge in [0.2, 0.25) is 0 Å². The van der Waals surface area contributed by atoms with E-state index in [1.165, 1.54) is 0 Å². The quantitative estimate of drug-likeness (QED) is 0.244. The lowest BCUT2D eigenvalue weighted by molar-refractivity contribution is 0.417. The molecule has 0 spiro atoms. The molecule has 3 aromatic carbocycles. The Labute approximate surface area is 222 Å². The molecule has 0 saturated heterocycles. The smallest absolute Gasteiger partial charge is 0.135 e. The predicted molar refractivity (Wildman–Crippen MR) is 151 cm³/mol. The fourth-order valence-electron chi connectivity index (χ4n) is 5.76. The van der Waals surface area contributed by atoms with Crippen molar-refractivity contribution in [3.05, 3.63) is 73.3 Å². The first-order chi connectivity index (χ1) is 16.9. The van der Waals surface area contributed by atoms with E-state index in [1.807, 2.05) is 41.5 Å². The SMILES string of the molecule is Cc1c(C)c2c(c(C)c1O)C(c1cc(C(C)(C)C)c(O)c(C(C)(C)C)c1)c1c(C)c(O)c(C)c(C)c1O2. The molecule has 1 aliphatic heterocycles. The van der Waals surface area contributed by atoms with Crippen LogP contribution in [-0.4, -0.2) is 15.3 Å². The minimum atomic E-state index is -0.294. The molecular formula is C33H42O4. The van der Waals surface area contributed by atoms with Crippen LogP contribution in [0.15, 0.2) is 12.1 Å². The highest BCUT2D eigenvalue weighted by Crippen LogP contribution is 2.57. The van der Waals surface area contributed by atoms with Gasteiger partial charge in [0.25, 0.3) is 0 Å². The highest BCUT2D eigenvalue weighted by molar-refractivity contribution is 5.72. The van der Waals surface area contributed by atoms with Crippen molar-refractivity contribution < 1.29 is 20.1 Å². The number of rotatable bonds is 1. The van der Waals surface area contributed by atoms with Crippen molar-refractivity contribution in [2.45, 2.75) is 99.8 Å². The third-order valence-electron chi connectivity index (χ3n) is 8.39. The van der Waals surface area contributed by atoms with Gasteiger partial charge in [-0.05, 0) is 102 Å². The van der Waals surface area contributed by atoms with E-state index >= 15 is 0 Å². The van der Waals surface area contributed by atoms with E-state index < -0.39 is 0 Å². The van der Waals surface area contributed by atoms with Crippen molar-refractivity contribution in [3.63, 3.8) is 0 Å². The molecule has 0 radical (unpaired) electrons.